The number of esters is 1. The van der Waals surface area contributed by atoms with Crippen molar-refractivity contribution >= 4 is 39.8 Å². The van der Waals surface area contributed by atoms with Crippen LogP contribution in [0.1, 0.15) is 17.0 Å². The summed E-state index contributed by atoms with van der Waals surface area (Å²) in [4.78, 5) is 44.6. The molecule has 0 amide bonds. The van der Waals surface area contributed by atoms with Gasteiger partial charge in [0.1, 0.15) is 48.6 Å². The molecule has 5 atom stereocenters. The van der Waals surface area contributed by atoms with Gasteiger partial charge in [-0.05, 0) is 18.2 Å². The lowest BCUT2D eigenvalue weighted by atomic mass is 9.99. The zero-order valence-corrected chi connectivity index (χ0v) is 21.6. The molecule has 0 saturated carbocycles. The van der Waals surface area contributed by atoms with Gasteiger partial charge in [0, 0.05) is 17.0 Å². The Morgan fingerprint density at radius 2 is 1.58 bits per heavy atom. The Hall–Kier alpha value is -5.16. The molecule has 0 spiro atoms. The van der Waals surface area contributed by atoms with Crippen LogP contribution in [-0.4, -0.2) is 95.8 Å². The van der Waals surface area contributed by atoms with Crippen LogP contribution in [0.15, 0.2) is 45.2 Å². The first-order valence-corrected chi connectivity index (χ1v) is 12.4. The van der Waals surface area contributed by atoms with Gasteiger partial charge in [-0.2, -0.15) is 0 Å². The molecule has 8 N–H and O–H groups in total. The van der Waals surface area contributed by atoms with Gasteiger partial charge in [0.25, 0.3) is 0 Å². The number of benzene rings is 2. The summed E-state index contributed by atoms with van der Waals surface area (Å²) >= 11 is 0. The van der Waals surface area contributed by atoms with E-state index in [0.717, 1.165) is 24.3 Å². The number of carboxylic acid groups (broad SMARTS) is 2. The van der Waals surface area contributed by atoms with Crippen LogP contribution in [0.25, 0.3) is 33.3 Å². The number of phenolic OH excluding ortho intramolecular Hbond substituents is 2. The maximum Gasteiger partial charge on any atom is 0.371 e. The molecule has 16 nitrogen and oxygen atoms in total. The summed E-state index contributed by atoms with van der Waals surface area (Å²) in [7, 11) is 0. The minimum atomic E-state index is -1.95. The van der Waals surface area contributed by atoms with E-state index in [-0.39, 0.29) is 44.4 Å². The van der Waals surface area contributed by atoms with Gasteiger partial charge < -0.3 is 58.8 Å². The lowest BCUT2D eigenvalue weighted by Crippen LogP contribution is -2.60. The smallest absolute Gasteiger partial charge is 0.371 e. The molecule has 2 aromatic carbocycles. The Bertz CT molecular complexity index is 1800. The molecular formula is C27H23O16+. The molecule has 0 aliphatic carbocycles. The van der Waals surface area contributed by atoms with Gasteiger partial charge in [0.2, 0.25) is 12.1 Å². The zero-order valence-electron chi connectivity index (χ0n) is 21.6. The predicted molar refractivity (Wildman–Crippen MR) is 137 cm³/mol. The molecule has 1 fully saturated rings. The number of ether oxygens (including phenoxy) is 3. The fourth-order valence-corrected chi connectivity index (χ4v) is 4.51. The number of phenols is 2. The molecule has 1 aliphatic rings. The number of aliphatic carboxylic acids is 1. The van der Waals surface area contributed by atoms with Gasteiger partial charge in [-0.3, -0.25) is 14.4 Å². The Kier molecular flexibility index (Phi) is 7.68. The summed E-state index contributed by atoms with van der Waals surface area (Å²) in [6, 6.07) is 6.84. The number of aliphatic hydroxyl groups excluding tert-OH is 3. The molecule has 5 rings (SSSR count). The van der Waals surface area contributed by atoms with Gasteiger partial charge in [-0.15, -0.1) is 0 Å². The van der Waals surface area contributed by atoms with Crippen LogP contribution >= 0.6 is 0 Å². The number of carboxylic acids is 2. The minimum Gasteiger partial charge on any atom is -0.504 e. The first-order chi connectivity index (χ1) is 20.3. The Morgan fingerprint density at radius 1 is 0.884 bits per heavy atom. The van der Waals surface area contributed by atoms with Crippen molar-refractivity contribution < 1.29 is 78.0 Å². The molecule has 1 saturated heterocycles. The van der Waals surface area contributed by atoms with Crippen molar-refractivity contribution in [2.75, 3.05) is 6.61 Å². The van der Waals surface area contributed by atoms with Crippen LogP contribution in [-0.2, 0) is 19.1 Å². The number of carbonyl (C=O) groups excluding carboxylic acids is 1. The van der Waals surface area contributed by atoms with Crippen molar-refractivity contribution in [3.8, 4) is 28.6 Å². The average Bonchev–Trinajstić information content (AvgIpc) is 2.94. The molecule has 43 heavy (non-hydrogen) atoms. The van der Waals surface area contributed by atoms with Gasteiger partial charge in [-0.1, -0.05) is 0 Å². The molecule has 3 heterocycles. The number of hydrogen-bond acceptors (Lipinski definition) is 13. The molecule has 1 aliphatic heterocycles. The summed E-state index contributed by atoms with van der Waals surface area (Å²) in [6.45, 7) is -0.745. The van der Waals surface area contributed by atoms with Gasteiger partial charge >= 0.3 is 23.3 Å². The van der Waals surface area contributed by atoms with E-state index in [1.54, 1.807) is 0 Å². The monoisotopic (exact) mass is 603 g/mol. The molecular weight excluding hydrogens is 580 g/mol. The number of hydrogen-bond donors (Lipinski definition) is 7. The first-order valence-electron chi connectivity index (χ1n) is 12.4. The molecule has 5 unspecified atom stereocenters. The van der Waals surface area contributed by atoms with Crippen LogP contribution < -0.4 is 10.2 Å². The van der Waals surface area contributed by atoms with E-state index in [1.165, 1.54) is 12.1 Å². The van der Waals surface area contributed by atoms with Gasteiger partial charge in [-0.25, -0.2) is 4.79 Å². The number of carbonyl (C=O) groups is 3. The number of aliphatic hydroxyl groups is 3. The topological polar surface area (TPSA) is 268 Å². The van der Waals surface area contributed by atoms with Gasteiger partial charge in [0.15, 0.2) is 23.0 Å². The fourth-order valence-electron chi connectivity index (χ4n) is 4.51. The standard InChI is InChI=1S/C27H22O16/c28-10-4-14-20-11(6-16(40-14)26(37)38)25(24(41-15(20)5-10)9-1-2-12(29)13(30)3-9)43-27-23(36)22(35)21(34)17(42-27)8-39-19(33)7-18(31)32/h1-6,17,21-23,27,29-30,34-36H,7-8H2,(H,31,32)(H,37,38)/p+1. The Labute approximate surface area is 238 Å². The quantitative estimate of drug-likeness (QED) is 0.0612. The lowest BCUT2D eigenvalue weighted by molar-refractivity contribution is -0.278. The third-order valence-corrected chi connectivity index (χ3v) is 6.53. The lowest BCUT2D eigenvalue weighted by Gasteiger charge is -2.40. The second kappa shape index (κ2) is 11.3. The second-order valence-electron chi connectivity index (χ2n) is 9.50. The van der Waals surface area contributed by atoms with Crippen molar-refractivity contribution in [1.82, 2.24) is 0 Å². The predicted octanol–water partition coefficient (Wildman–Crippen LogP) is 0.164. The number of rotatable bonds is 8. The van der Waals surface area contributed by atoms with Crippen molar-refractivity contribution in [2.45, 2.75) is 37.1 Å². The minimum absolute atomic E-state index is 0.0247. The summed E-state index contributed by atoms with van der Waals surface area (Å²) in [5, 5.41) is 70.1. The highest BCUT2D eigenvalue weighted by Gasteiger charge is 2.46. The SMILES string of the molecule is O=C(O)CC(=O)OCC1OC(Oc2c(-c3ccc(O)c(O)c3)oc3cc(=[OH+])cc4oc(C(=O)O)cc2c43)C(O)C(O)C1O. The van der Waals surface area contributed by atoms with E-state index in [0.29, 0.717) is 0 Å². The zero-order chi connectivity index (χ0) is 31.2. The third-order valence-electron chi connectivity index (χ3n) is 6.53. The van der Waals surface area contributed by atoms with Crippen LogP contribution in [0.4, 0.5) is 0 Å². The van der Waals surface area contributed by atoms with Crippen molar-refractivity contribution in [3.63, 3.8) is 0 Å². The van der Waals surface area contributed by atoms with E-state index in [2.05, 4.69) is 0 Å². The van der Waals surface area contributed by atoms with Crippen LogP contribution in [0, 0.1) is 0 Å². The summed E-state index contributed by atoms with van der Waals surface area (Å²) in [6.07, 6.45) is -10.1. The van der Waals surface area contributed by atoms with Crippen molar-refractivity contribution in [3.05, 3.63) is 47.6 Å². The third kappa shape index (κ3) is 5.67. The fraction of sp³-hybridized carbons (Fsp3) is 0.259. The Morgan fingerprint density at radius 3 is 2.23 bits per heavy atom. The average molecular weight is 603 g/mol. The van der Waals surface area contributed by atoms with E-state index in [1.807, 2.05) is 0 Å². The van der Waals surface area contributed by atoms with E-state index in [4.69, 9.17) is 28.2 Å². The maximum atomic E-state index is 11.9. The van der Waals surface area contributed by atoms with Gasteiger partial charge in [0.05, 0.1) is 17.5 Å². The Balaban J connectivity index is 1.65. The highest BCUT2D eigenvalue weighted by atomic mass is 16.7. The number of aromatic hydroxyl groups is 2. The van der Waals surface area contributed by atoms with Crippen LogP contribution in [0.5, 0.6) is 17.2 Å². The largest absolute Gasteiger partial charge is 0.504 e. The van der Waals surface area contributed by atoms with E-state index >= 15 is 0 Å². The maximum absolute atomic E-state index is 11.9. The summed E-state index contributed by atoms with van der Waals surface area (Å²) < 4.78 is 27.7. The van der Waals surface area contributed by atoms with E-state index < -0.39 is 78.9 Å². The molecule has 16 heteroatoms. The van der Waals surface area contributed by atoms with Crippen LogP contribution in [0.3, 0.4) is 0 Å². The normalized spacial score (nSPS) is 22.0. The number of aromatic carboxylic acids is 1. The molecule has 0 bridgehead atoms. The highest BCUT2D eigenvalue weighted by Crippen LogP contribution is 2.44. The van der Waals surface area contributed by atoms with Crippen molar-refractivity contribution in [2.24, 2.45) is 0 Å². The molecule has 2 aromatic heterocycles. The summed E-state index contributed by atoms with van der Waals surface area (Å²) in [5.41, 5.74) is -0.498. The summed E-state index contributed by atoms with van der Waals surface area (Å²) in [5.74, 6) is -6.40. The molecule has 226 valence electrons. The van der Waals surface area contributed by atoms with E-state index in [9.17, 15) is 49.8 Å². The molecule has 0 radical (unpaired) electrons. The highest BCUT2D eigenvalue weighted by molar-refractivity contribution is 6.11. The van der Waals surface area contributed by atoms with Crippen molar-refractivity contribution in [1.29, 1.82) is 0 Å². The van der Waals surface area contributed by atoms with Crippen LogP contribution in [0.2, 0.25) is 0 Å². The first kappa shape index (κ1) is 29.3. The molecule has 4 aromatic rings. The second-order valence-corrected chi connectivity index (χ2v) is 9.50.